The van der Waals surface area contributed by atoms with Crippen molar-refractivity contribution in [1.82, 2.24) is 10.2 Å². The van der Waals surface area contributed by atoms with Crippen molar-refractivity contribution in [2.45, 2.75) is 25.9 Å². The van der Waals surface area contributed by atoms with E-state index < -0.39 is 6.10 Å². The van der Waals surface area contributed by atoms with E-state index in [-0.39, 0.29) is 18.4 Å². The number of hydrogen-bond acceptors (Lipinski definition) is 4. The van der Waals surface area contributed by atoms with E-state index >= 15 is 0 Å². The number of amides is 2. The Morgan fingerprint density at radius 3 is 2.71 bits per heavy atom. The first-order valence-electron chi connectivity index (χ1n) is 8.59. The zero-order chi connectivity index (χ0) is 17.1. The molecule has 1 saturated heterocycles. The normalized spacial score (nSPS) is 21.4. The van der Waals surface area contributed by atoms with E-state index in [0.717, 1.165) is 32.5 Å². The third-order valence-electron chi connectivity index (χ3n) is 4.83. The standard InChI is InChI=1S/C18H25N3O3/c1-13-18(23)21(15-5-3-4-6-16(15)24-13)12-17(22)20-9-7-14(8-10-20)11-19-2/h3-6,13-14,19H,7-12H2,1-2H3. The highest BCUT2D eigenvalue weighted by molar-refractivity contribution is 6.03. The number of likely N-dealkylation sites (tertiary alicyclic amines) is 1. The van der Waals surface area contributed by atoms with Crippen molar-refractivity contribution in [2.24, 2.45) is 5.92 Å². The number of nitrogens with zero attached hydrogens (tertiary/aromatic N) is 2. The van der Waals surface area contributed by atoms with E-state index in [1.165, 1.54) is 0 Å². The molecular weight excluding hydrogens is 306 g/mol. The van der Waals surface area contributed by atoms with Crippen LogP contribution in [-0.4, -0.2) is 56.0 Å². The Balaban J connectivity index is 1.67. The molecular formula is C18H25N3O3. The summed E-state index contributed by atoms with van der Waals surface area (Å²) in [5.74, 6) is 1.14. The predicted molar refractivity (Wildman–Crippen MR) is 92.1 cm³/mol. The molecule has 0 aromatic heterocycles. The average molecular weight is 331 g/mol. The minimum absolute atomic E-state index is 0.00941. The quantitative estimate of drug-likeness (QED) is 0.902. The molecule has 1 aromatic carbocycles. The lowest BCUT2D eigenvalue weighted by Crippen LogP contribution is -2.51. The molecule has 0 radical (unpaired) electrons. The summed E-state index contributed by atoms with van der Waals surface area (Å²) in [6.45, 7) is 4.33. The number of piperidine rings is 1. The number of benzene rings is 1. The molecule has 2 heterocycles. The number of carbonyl (C=O) groups is 2. The summed E-state index contributed by atoms with van der Waals surface area (Å²) in [5, 5.41) is 3.20. The van der Waals surface area contributed by atoms with Gasteiger partial charge in [-0.15, -0.1) is 0 Å². The molecule has 6 nitrogen and oxygen atoms in total. The van der Waals surface area contributed by atoms with E-state index in [1.54, 1.807) is 11.8 Å². The Bertz CT molecular complexity index is 611. The fraction of sp³-hybridized carbons (Fsp3) is 0.556. The summed E-state index contributed by atoms with van der Waals surface area (Å²) in [6, 6.07) is 7.38. The number of anilines is 1. The third kappa shape index (κ3) is 3.38. The van der Waals surface area contributed by atoms with Gasteiger partial charge in [-0.25, -0.2) is 0 Å². The molecule has 2 aliphatic heterocycles. The van der Waals surface area contributed by atoms with Gasteiger partial charge in [-0.1, -0.05) is 12.1 Å². The number of carbonyl (C=O) groups excluding carboxylic acids is 2. The topological polar surface area (TPSA) is 61.9 Å². The van der Waals surface area contributed by atoms with Crippen molar-refractivity contribution in [3.8, 4) is 5.75 Å². The monoisotopic (exact) mass is 331 g/mol. The van der Waals surface area contributed by atoms with Gasteiger partial charge >= 0.3 is 0 Å². The first-order chi connectivity index (χ1) is 11.6. The van der Waals surface area contributed by atoms with Crippen molar-refractivity contribution < 1.29 is 14.3 Å². The SMILES string of the molecule is CNCC1CCN(C(=O)CN2C(=O)C(C)Oc3ccccc32)CC1. The van der Waals surface area contributed by atoms with Crippen LogP contribution < -0.4 is 15.0 Å². The number of para-hydroxylation sites is 2. The lowest BCUT2D eigenvalue weighted by molar-refractivity contribution is -0.134. The molecule has 24 heavy (non-hydrogen) atoms. The van der Waals surface area contributed by atoms with Crippen LogP contribution >= 0.6 is 0 Å². The predicted octanol–water partition coefficient (Wildman–Crippen LogP) is 1.26. The molecule has 1 fully saturated rings. The lowest BCUT2D eigenvalue weighted by atomic mass is 9.97. The van der Waals surface area contributed by atoms with Crippen LogP contribution in [0.3, 0.4) is 0 Å². The summed E-state index contributed by atoms with van der Waals surface area (Å²) in [7, 11) is 1.96. The van der Waals surface area contributed by atoms with E-state index in [2.05, 4.69) is 5.32 Å². The van der Waals surface area contributed by atoms with Crippen LogP contribution in [0.5, 0.6) is 5.75 Å². The molecule has 0 bridgehead atoms. The second-order valence-electron chi connectivity index (χ2n) is 6.53. The molecule has 3 rings (SSSR count). The maximum Gasteiger partial charge on any atom is 0.268 e. The minimum atomic E-state index is -0.561. The molecule has 2 amide bonds. The van der Waals surface area contributed by atoms with Crippen LogP contribution in [-0.2, 0) is 9.59 Å². The number of nitrogens with one attached hydrogen (secondary N) is 1. The molecule has 0 saturated carbocycles. The van der Waals surface area contributed by atoms with E-state index in [1.807, 2.05) is 36.2 Å². The van der Waals surface area contributed by atoms with Crippen molar-refractivity contribution >= 4 is 17.5 Å². The molecule has 130 valence electrons. The van der Waals surface area contributed by atoms with Gasteiger partial charge in [-0.3, -0.25) is 14.5 Å². The largest absolute Gasteiger partial charge is 0.479 e. The molecule has 1 unspecified atom stereocenters. The van der Waals surface area contributed by atoms with Crippen molar-refractivity contribution in [3.63, 3.8) is 0 Å². The highest BCUT2D eigenvalue weighted by atomic mass is 16.5. The summed E-state index contributed by atoms with van der Waals surface area (Å²) >= 11 is 0. The van der Waals surface area contributed by atoms with Crippen LogP contribution in [0.2, 0.25) is 0 Å². The number of rotatable bonds is 4. The van der Waals surface area contributed by atoms with Crippen molar-refractivity contribution in [2.75, 3.05) is 38.1 Å². The Morgan fingerprint density at radius 1 is 1.29 bits per heavy atom. The Hall–Kier alpha value is -2.08. The molecule has 1 aromatic rings. The van der Waals surface area contributed by atoms with Crippen molar-refractivity contribution in [3.05, 3.63) is 24.3 Å². The smallest absolute Gasteiger partial charge is 0.268 e. The highest BCUT2D eigenvalue weighted by Crippen LogP contribution is 2.33. The van der Waals surface area contributed by atoms with Gasteiger partial charge in [0.25, 0.3) is 5.91 Å². The first kappa shape index (κ1) is 16.8. The fourth-order valence-electron chi connectivity index (χ4n) is 3.43. The lowest BCUT2D eigenvalue weighted by Gasteiger charge is -2.36. The summed E-state index contributed by atoms with van der Waals surface area (Å²) in [4.78, 5) is 28.6. The van der Waals surface area contributed by atoms with Crippen LogP contribution in [0.4, 0.5) is 5.69 Å². The Morgan fingerprint density at radius 2 is 2.00 bits per heavy atom. The van der Waals surface area contributed by atoms with Gasteiger partial charge in [0.15, 0.2) is 6.10 Å². The second kappa shape index (κ2) is 7.21. The van der Waals surface area contributed by atoms with Gasteiger partial charge in [0.05, 0.1) is 5.69 Å². The summed E-state index contributed by atoms with van der Waals surface area (Å²) in [5.41, 5.74) is 0.680. The molecule has 2 aliphatic rings. The molecule has 0 aliphatic carbocycles. The first-order valence-corrected chi connectivity index (χ1v) is 8.59. The van der Waals surface area contributed by atoms with Crippen LogP contribution in [0.25, 0.3) is 0 Å². The number of fused-ring (bicyclic) bond motifs is 1. The van der Waals surface area contributed by atoms with E-state index in [0.29, 0.717) is 17.4 Å². The maximum atomic E-state index is 12.7. The molecule has 6 heteroatoms. The highest BCUT2D eigenvalue weighted by Gasteiger charge is 2.34. The van der Waals surface area contributed by atoms with Gasteiger partial charge in [0.1, 0.15) is 12.3 Å². The van der Waals surface area contributed by atoms with Gasteiger partial charge in [-0.2, -0.15) is 0 Å². The van der Waals surface area contributed by atoms with Crippen molar-refractivity contribution in [1.29, 1.82) is 0 Å². The summed E-state index contributed by atoms with van der Waals surface area (Å²) in [6.07, 6.45) is 1.46. The van der Waals surface area contributed by atoms with Crippen LogP contribution in [0.1, 0.15) is 19.8 Å². The van der Waals surface area contributed by atoms with Gasteiger partial charge in [0, 0.05) is 13.1 Å². The minimum Gasteiger partial charge on any atom is -0.479 e. The molecule has 1 N–H and O–H groups in total. The number of ether oxygens (including phenoxy) is 1. The fourth-order valence-corrected chi connectivity index (χ4v) is 3.43. The molecule has 1 atom stereocenters. The van der Waals surface area contributed by atoms with E-state index in [4.69, 9.17) is 4.74 Å². The zero-order valence-electron chi connectivity index (χ0n) is 14.3. The zero-order valence-corrected chi connectivity index (χ0v) is 14.3. The van der Waals surface area contributed by atoms with Gasteiger partial charge in [-0.05, 0) is 51.4 Å². The number of hydrogen-bond donors (Lipinski definition) is 1. The van der Waals surface area contributed by atoms with Crippen LogP contribution in [0.15, 0.2) is 24.3 Å². The van der Waals surface area contributed by atoms with Gasteiger partial charge in [0.2, 0.25) is 5.91 Å². The van der Waals surface area contributed by atoms with Crippen LogP contribution in [0, 0.1) is 5.92 Å². The Kier molecular flexibility index (Phi) is 5.04. The van der Waals surface area contributed by atoms with E-state index in [9.17, 15) is 9.59 Å². The molecule has 0 spiro atoms. The second-order valence-corrected chi connectivity index (χ2v) is 6.53. The average Bonchev–Trinajstić information content (AvgIpc) is 2.59. The Labute approximate surface area is 142 Å². The van der Waals surface area contributed by atoms with Gasteiger partial charge < -0.3 is 15.0 Å². The summed E-state index contributed by atoms with van der Waals surface area (Å²) < 4.78 is 5.62. The maximum absolute atomic E-state index is 12.7. The third-order valence-corrected chi connectivity index (χ3v) is 4.83.